The van der Waals surface area contributed by atoms with Crippen LogP contribution in [0.4, 0.5) is 5.13 Å². The summed E-state index contributed by atoms with van der Waals surface area (Å²) in [5, 5.41) is 8.96. The fourth-order valence-corrected chi connectivity index (χ4v) is 3.72. The van der Waals surface area contributed by atoms with Crippen LogP contribution in [0.15, 0.2) is 93.4 Å². The van der Waals surface area contributed by atoms with Crippen molar-refractivity contribution in [2.24, 2.45) is 0 Å². The van der Waals surface area contributed by atoms with Gasteiger partial charge in [-0.1, -0.05) is 59.8 Å². The average molecular weight is 413 g/mol. The van der Waals surface area contributed by atoms with Crippen molar-refractivity contribution in [3.63, 3.8) is 0 Å². The smallest absolute Gasteiger partial charge is 0.279 e. The zero-order valence-electron chi connectivity index (χ0n) is 15.6. The minimum Gasteiger partial charge on any atom is -0.461 e. The number of rotatable bonds is 5. The van der Waals surface area contributed by atoms with Gasteiger partial charge in [-0.15, -0.1) is 11.3 Å². The largest absolute Gasteiger partial charge is 0.461 e. The standard InChI is InChI=1S/C23H15N3O3S/c27-22(18-13-21(29-26-18)20-7-4-12-28-20)25-23-24-19(14-30-23)17-10-8-16(9-11-17)15-5-2-1-3-6-15/h1-14H,(H,24,25,27). The minimum absolute atomic E-state index is 0.158. The quantitative estimate of drug-likeness (QED) is 0.383. The number of benzene rings is 2. The van der Waals surface area contributed by atoms with E-state index in [9.17, 15) is 4.79 Å². The monoisotopic (exact) mass is 413 g/mol. The summed E-state index contributed by atoms with van der Waals surface area (Å²) in [5.41, 5.74) is 4.24. The lowest BCUT2D eigenvalue weighted by atomic mass is 10.0. The fourth-order valence-electron chi connectivity index (χ4n) is 3.01. The summed E-state index contributed by atoms with van der Waals surface area (Å²) in [4.78, 5) is 17.0. The molecule has 0 saturated heterocycles. The van der Waals surface area contributed by atoms with Gasteiger partial charge in [-0.3, -0.25) is 10.1 Å². The van der Waals surface area contributed by atoms with E-state index in [-0.39, 0.29) is 5.69 Å². The van der Waals surface area contributed by atoms with E-state index < -0.39 is 5.91 Å². The van der Waals surface area contributed by atoms with Crippen molar-refractivity contribution in [3.8, 4) is 33.9 Å². The Morgan fingerprint density at radius 3 is 2.40 bits per heavy atom. The molecule has 5 aromatic rings. The van der Waals surface area contributed by atoms with Gasteiger partial charge in [0.15, 0.2) is 16.6 Å². The lowest BCUT2D eigenvalue weighted by Crippen LogP contribution is -2.11. The van der Waals surface area contributed by atoms with Crippen LogP contribution < -0.4 is 5.32 Å². The average Bonchev–Trinajstić information content (AvgIpc) is 3.55. The van der Waals surface area contributed by atoms with Gasteiger partial charge in [0.1, 0.15) is 0 Å². The first-order valence-electron chi connectivity index (χ1n) is 9.19. The highest BCUT2D eigenvalue weighted by molar-refractivity contribution is 7.14. The van der Waals surface area contributed by atoms with Gasteiger partial charge in [-0.2, -0.15) is 0 Å². The number of nitrogens with one attached hydrogen (secondary N) is 1. The van der Waals surface area contributed by atoms with Crippen LogP contribution in [0.1, 0.15) is 10.5 Å². The van der Waals surface area contributed by atoms with Gasteiger partial charge in [0, 0.05) is 17.0 Å². The van der Waals surface area contributed by atoms with Crippen LogP contribution in [-0.4, -0.2) is 16.0 Å². The maximum Gasteiger partial charge on any atom is 0.279 e. The summed E-state index contributed by atoms with van der Waals surface area (Å²) in [6.07, 6.45) is 1.53. The van der Waals surface area contributed by atoms with E-state index in [2.05, 4.69) is 39.7 Å². The summed E-state index contributed by atoms with van der Waals surface area (Å²) in [6, 6.07) is 23.4. The van der Waals surface area contributed by atoms with E-state index >= 15 is 0 Å². The van der Waals surface area contributed by atoms with Crippen LogP contribution in [0.3, 0.4) is 0 Å². The number of thiazole rings is 1. The Bertz CT molecular complexity index is 1270. The van der Waals surface area contributed by atoms with Crippen molar-refractivity contribution in [1.82, 2.24) is 10.1 Å². The summed E-state index contributed by atoms with van der Waals surface area (Å²) in [7, 11) is 0. The zero-order chi connectivity index (χ0) is 20.3. The second-order valence-corrected chi connectivity index (χ2v) is 7.35. The number of carbonyl (C=O) groups is 1. The van der Waals surface area contributed by atoms with Crippen LogP contribution in [0.5, 0.6) is 0 Å². The van der Waals surface area contributed by atoms with E-state index in [1.54, 1.807) is 12.1 Å². The Kier molecular flexibility index (Phi) is 4.71. The molecule has 3 heterocycles. The van der Waals surface area contributed by atoms with Crippen molar-refractivity contribution in [1.29, 1.82) is 0 Å². The Morgan fingerprint density at radius 1 is 0.867 bits per heavy atom. The predicted molar refractivity (Wildman–Crippen MR) is 115 cm³/mol. The number of anilines is 1. The van der Waals surface area contributed by atoms with Crippen molar-refractivity contribution in [2.75, 3.05) is 5.32 Å². The summed E-state index contributed by atoms with van der Waals surface area (Å²) in [6.45, 7) is 0. The molecule has 2 aromatic carbocycles. The molecule has 5 rings (SSSR count). The Labute approximate surface area is 175 Å². The predicted octanol–water partition coefficient (Wildman–Crippen LogP) is 5.98. The van der Waals surface area contributed by atoms with Crippen LogP contribution in [0, 0.1) is 0 Å². The number of hydrogen-bond acceptors (Lipinski definition) is 6. The number of carbonyl (C=O) groups excluding carboxylic acids is 1. The van der Waals surface area contributed by atoms with E-state index in [0.29, 0.717) is 16.7 Å². The maximum atomic E-state index is 12.4. The molecule has 3 aromatic heterocycles. The summed E-state index contributed by atoms with van der Waals surface area (Å²) in [5.74, 6) is 0.511. The normalized spacial score (nSPS) is 10.8. The highest BCUT2D eigenvalue weighted by Gasteiger charge is 2.16. The van der Waals surface area contributed by atoms with Crippen molar-refractivity contribution in [3.05, 3.63) is 90.1 Å². The first kappa shape index (κ1) is 18.1. The first-order chi connectivity index (χ1) is 14.8. The number of furan rings is 1. The van der Waals surface area contributed by atoms with Crippen LogP contribution in [-0.2, 0) is 0 Å². The molecular weight excluding hydrogens is 398 g/mol. The van der Waals surface area contributed by atoms with Crippen LogP contribution >= 0.6 is 11.3 Å². The number of nitrogens with zero attached hydrogens (tertiary/aromatic N) is 2. The molecule has 0 atom stereocenters. The molecule has 0 aliphatic heterocycles. The minimum atomic E-state index is -0.392. The first-order valence-corrected chi connectivity index (χ1v) is 10.1. The van der Waals surface area contributed by atoms with Crippen molar-refractivity contribution < 1.29 is 13.7 Å². The van der Waals surface area contributed by atoms with E-state index in [1.807, 2.05) is 35.7 Å². The highest BCUT2D eigenvalue weighted by Crippen LogP contribution is 2.28. The molecule has 0 aliphatic carbocycles. The second-order valence-electron chi connectivity index (χ2n) is 6.49. The van der Waals surface area contributed by atoms with Gasteiger partial charge in [0.05, 0.1) is 12.0 Å². The van der Waals surface area contributed by atoms with E-state index in [1.165, 1.54) is 23.7 Å². The van der Waals surface area contributed by atoms with Gasteiger partial charge in [0.25, 0.3) is 5.91 Å². The molecule has 7 heteroatoms. The van der Waals surface area contributed by atoms with Crippen molar-refractivity contribution in [2.45, 2.75) is 0 Å². The SMILES string of the molecule is O=C(Nc1nc(-c2ccc(-c3ccccc3)cc2)cs1)c1cc(-c2ccco2)on1. The third kappa shape index (κ3) is 3.66. The van der Waals surface area contributed by atoms with Gasteiger partial charge < -0.3 is 8.94 Å². The van der Waals surface area contributed by atoms with Gasteiger partial charge >= 0.3 is 0 Å². The topological polar surface area (TPSA) is 81.2 Å². The number of amides is 1. The molecule has 0 aliphatic rings. The fraction of sp³-hybridized carbons (Fsp3) is 0. The molecule has 0 fully saturated rings. The molecule has 146 valence electrons. The molecule has 0 unspecified atom stereocenters. The summed E-state index contributed by atoms with van der Waals surface area (Å²) < 4.78 is 10.4. The lowest BCUT2D eigenvalue weighted by Gasteiger charge is -2.03. The molecule has 0 radical (unpaired) electrons. The van der Waals surface area contributed by atoms with Crippen molar-refractivity contribution >= 4 is 22.4 Å². The summed E-state index contributed by atoms with van der Waals surface area (Å²) >= 11 is 1.35. The molecule has 6 nitrogen and oxygen atoms in total. The third-order valence-electron chi connectivity index (χ3n) is 4.52. The number of hydrogen-bond donors (Lipinski definition) is 1. The van der Waals surface area contributed by atoms with Crippen LogP contribution in [0.25, 0.3) is 33.9 Å². The Balaban J connectivity index is 1.29. The van der Waals surface area contributed by atoms with E-state index in [0.717, 1.165) is 22.4 Å². The van der Waals surface area contributed by atoms with Crippen LogP contribution in [0.2, 0.25) is 0 Å². The zero-order valence-corrected chi connectivity index (χ0v) is 16.4. The van der Waals surface area contributed by atoms with Gasteiger partial charge in [-0.05, 0) is 23.3 Å². The van der Waals surface area contributed by atoms with Gasteiger partial charge in [0.2, 0.25) is 5.76 Å². The maximum absolute atomic E-state index is 12.4. The molecular formula is C23H15N3O3S. The third-order valence-corrected chi connectivity index (χ3v) is 5.28. The Hall–Kier alpha value is -3.97. The number of aromatic nitrogens is 2. The molecule has 1 amide bonds. The lowest BCUT2D eigenvalue weighted by molar-refractivity contribution is 0.101. The van der Waals surface area contributed by atoms with E-state index in [4.69, 9.17) is 8.94 Å². The molecule has 0 spiro atoms. The molecule has 0 bridgehead atoms. The van der Waals surface area contributed by atoms with Gasteiger partial charge in [-0.25, -0.2) is 4.98 Å². The molecule has 1 N–H and O–H groups in total. The highest BCUT2D eigenvalue weighted by atomic mass is 32.1. The Morgan fingerprint density at radius 2 is 1.63 bits per heavy atom. The molecule has 30 heavy (non-hydrogen) atoms. The molecule has 0 saturated carbocycles. The second kappa shape index (κ2) is 7.81.